The molecule has 0 saturated carbocycles. The minimum Gasteiger partial charge on any atom is -0.456 e. The van der Waals surface area contributed by atoms with E-state index in [0.29, 0.717) is 0 Å². The fourth-order valence-electron chi connectivity index (χ4n) is 9.51. The summed E-state index contributed by atoms with van der Waals surface area (Å²) in [6.07, 6.45) is 0. The summed E-state index contributed by atoms with van der Waals surface area (Å²) in [4.78, 5) is 2.40. The Labute approximate surface area is 372 Å². The van der Waals surface area contributed by atoms with Crippen LogP contribution in [0.3, 0.4) is 0 Å². The molecule has 0 fully saturated rings. The van der Waals surface area contributed by atoms with E-state index in [0.717, 1.165) is 55.7 Å². The molecule has 0 radical (unpaired) electrons. The van der Waals surface area contributed by atoms with Gasteiger partial charge in [0.05, 0.1) is 5.69 Å². The zero-order chi connectivity index (χ0) is 42.4. The molecule has 12 rings (SSSR count). The summed E-state index contributed by atoms with van der Waals surface area (Å²) >= 11 is 0. The highest BCUT2D eigenvalue weighted by molar-refractivity contribution is 6.12. The third-order valence-electron chi connectivity index (χ3n) is 12.7. The molecule has 0 N–H and O–H groups in total. The molecule has 0 atom stereocenters. The Morgan fingerprint density at radius 3 is 1.47 bits per heavy atom. The van der Waals surface area contributed by atoms with Crippen molar-refractivity contribution in [3.05, 3.63) is 249 Å². The average molecular weight is 816 g/mol. The second-order valence-corrected chi connectivity index (χ2v) is 16.5. The van der Waals surface area contributed by atoms with Crippen LogP contribution in [0.5, 0.6) is 0 Å². The summed E-state index contributed by atoms with van der Waals surface area (Å²) in [5.41, 5.74) is 16.8. The van der Waals surface area contributed by atoms with E-state index in [2.05, 4.69) is 241 Å². The first kappa shape index (κ1) is 37.3. The lowest BCUT2D eigenvalue weighted by molar-refractivity contribution is 0.669. The van der Waals surface area contributed by atoms with Gasteiger partial charge in [0.25, 0.3) is 0 Å². The summed E-state index contributed by atoms with van der Waals surface area (Å²) in [7, 11) is 0. The molecule has 2 nitrogen and oxygen atoms in total. The molecule has 64 heavy (non-hydrogen) atoms. The van der Waals surface area contributed by atoms with Gasteiger partial charge in [0.2, 0.25) is 0 Å². The van der Waals surface area contributed by atoms with Crippen molar-refractivity contribution in [2.45, 2.75) is 0 Å². The van der Waals surface area contributed by atoms with Gasteiger partial charge in [0, 0.05) is 27.7 Å². The second kappa shape index (κ2) is 15.8. The Morgan fingerprint density at radius 1 is 0.250 bits per heavy atom. The number of nitrogens with zero attached hydrogens (tertiary/aromatic N) is 1. The summed E-state index contributed by atoms with van der Waals surface area (Å²) in [5, 5.41) is 7.27. The lowest BCUT2D eigenvalue weighted by Gasteiger charge is -2.28. The van der Waals surface area contributed by atoms with Crippen LogP contribution in [0.25, 0.3) is 99.1 Å². The van der Waals surface area contributed by atoms with E-state index < -0.39 is 0 Å². The maximum absolute atomic E-state index is 6.26. The predicted molar refractivity (Wildman–Crippen MR) is 271 cm³/mol. The standard InChI is InChI=1S/C62H41NO/c1-3-14-42(15-4-1)48-38-49(43-16-5-2-6-17-43)40-50(39-48)44-26-32-51(33-27-44)63(60-24-11-9-20-55(60)47-31-37-62-59(41-47)58-21-10-12-25-61(58)64-62)52-34-28-46(29-35-52)54-22-13-23-56-53-19-8-7-18-45(53)30-36-57(54)56/h1-41H. The first-order valence-corrected chi connectivity index (χ1v) is 21.9. The molecule has 1 heterocycles. The third kappa shape index (κ3) is 6.70. The first-order valence-electron chi connectivity index (χ1n) is 21.9. The van der Waals surface area contributed by atoms with Crippen LogP contribution in [0.15, 0.2) is 253 Å². The molecular weight excluding hydrogens is 775 g/mol. The van der Waals surface area contributed by atoms with Crippen molar-refractivity contribution >= 4 is 60.5 Å². The van der Waals surface area contributed by atoms with Crippen LogP contribution in [-0.2, 0) is 0 Å². The molecule has 2 heteroatoms. The van der Waals surface area contributed by atoms with Crippen molar-refractivity contribution in [1.82, 2.24) is 0 Å². The molecule has 11 aromatic carbocycles. The predicted octanol–water partition coefficient (Wildman–Crippen LogP) is 17.7. The normalized spacial score (nSPS) is 11.4. The van der Waals surface area contributed by atoms with E-state index in [1.165, 1.54) is 60.5 Å². The fraction of sp³-hybridized carbons (Fsp3) is 0. The Morgan fingerprint density at radius 2 is 0.766 bits per heavy atom. The van der Waals surface area contributed by atoms with E-state index in [4.69, 9.17) is 4.42 Å². The number of hydrogen-bond donors (Lipinski definition) is 0. The zero-order valence-corrected chi connectivity index (χ0v) is 35.0. The van der Waals surface area contributed by atoms with Crippen LogP contribution in [0.4, 0.5) is 17.1 Å². The number of para-hydroxylation sites is 2. The SMILES string of the molecule is c1ccc(-c2cc(-c3ccccc3)cc(-c3ccc(N(c4ccc(-c5cccc6c5ccc5ccccc56)cc4)c4ccccc4-c4ccc5oc6ccccc6c5c4)cc3)c2)cc1. The van der Waals surface area contributed by atoms with E-state index in [9.17, 15) is 0 Å². The molecule has 0 bridgehead atoms. The van der Waals surface area contributed by atoms with Crippen molar-refractivity contribution in [1.29, 1.82) is 0 Å². The van der Waals surface area contributed by atoms with Gasteiger partial charge in [0.15, 0.2) is 0 Å². The van der Waals surface area contributed by atoms with Gasteiger partial charge in [-0.15, -0.1) is 0 Å². The average Bonchev–Trinajstić information content (AvgIpc) is 3.75. The quantitative estimate of drug-likeness (QED) is 0.142. The summed E-state index contributed by atoms with van der Waals surface area (Å²) < 4.78 is 6.26. The molecular formula is C62H41NO. The number of hydrogen-bond acceptors (Lipinski definition) is 2. The molecule has 0 unspecified atom stereocenters. The van der Waals surface area contributed by atoms with Gasteiger partial charge in [-0.3, -0.25) is 0 Å². The Bertz CT molecular complexity index is 3590. The zero-order valence-electron chi connectivity index (χ0n) is 35.0. The molecule has 0 aliphatic rings. The Balaban J connectivity index is 0.992. The van der Waals surface area contributed by atoms with Gasteiger partial charge in [-0.25, -0.2) is 0 Å². The maximum Gasteiger partial charge on any atom is 0.135 e. The van der Waals surface area contributed by atoms with Crippen molar-refractivity contribution < 1.29 is 4.42 Å². The highest BCUT2D eigenvalue weighted by atomic mass is 16.3. The van der Waals surface area contributed by atoms with Crippen molar-refractivity contribution in [2.24, 2.45) is 0 Å². The van der Waals surface area contributed by atoms with Crippen LogP contribution in [0, 0.1) is 0 Å². The van der Waals surface area contributed by atoms with Gasteiger partial charge in [-0.2, -0.15) is 0 Å². The van der Waals surface area contributed by atoms with Gasteiger partial charge in [0.1, 0.15) is 11.2 Å². The van der Waals surface area contributed by atoms with Crippen molar-refractivity contribution in [3.8, 4) is 55.6 Å². The van der Waals surface area contributed by atoms with Crippen LogP contribution in [0.2, 0.25) is 0 Å². The Hall–Kier alpha value is -8.46. The number of anilines is 3. The molecule has 0 aliphatic carbocycles. The monoisotopic (exact) mass is 815 g/mol. The van der Waals surface area contributed by atoms with Crippen LogP contribution in [0.1, 0.15) is 0 Å². The second-order valence-electron chi connectivity index (χ2n) is 16.5. The number of rotatable bonds is 8. The van der Waals surface area contributed by atoms with Crippen LogP contribution >= 0.6 is 0 Å². The molecule has 0 amide bonds. The van der Waals surface area contributed by atoms with E-state index in [1.54, 1.807) is 0 Å². The molecule has 0 saturated heterocycles. The van der Waals surface area contributed by atoms with Crippen LogP contribution < -0.4 is 4.90 Å². The smallest absolute Gasteiger partial charge is 0.135 e. The minimum absolute atomic E-state index is 0.888. The van der Waals surface area contributed by atoms with Gasteiger partial charge in [-0.05, 0) is 138 Å². The summed E-state index contributed by atoms with van der Waals surface area (Å²) in [6.45, 7) is 0. The van der Waals surface area contributed by atoms with E-state index >= 15 is 0 Å². The molecule has 12 aromatic rings. The van der Waals surface area contributed by atoms with E-state index in [1.807, 2.05) is 12.1 Å². The van der Waals surface area contributed by atoms with Gasteiger partial charge in [-0.1, -0.05) is 182 Å². The Kier molecular flexibility index (Phi) is 9.20. The third-order valence-corrected chi connectivity index (χ3v) is 12.7. The lowest BCUT2D eigenvalue weighted by Crippen LogP contribution is -2.11. The maximum atomic E-state index is 6.26. The van der Waals surface area contributed by atoms with Gasteiger partial charge < -0.3 is 9.32 Å². The van der Waals surface area contributed by atoms with Gasteiger partial charge >= 0.3 is 0 Å². The van der Waals surface area contributed by atoms with Crippen molar-refractivity contribution in [2.75, 3.05) is 4.90 Å². The number of furan rings is 1. The highest BCUT2D eigenvalue weighted by Crippen LogP contribution is 2.44. The largest absolute Gasteiger partial charge is 0.456 e. The van der Waals surface area contributed by atoms with Crippen molar-refractivity contribution in [3.63, 3.8) is 0 Å². The van der Waals surface area contributed by atoms with Crippen LogP contribution in [-0.4, -0.2) is 0 Å². The molecule has 0 aliphatic heterocycles. The molecule has 1 aromatic heterocycles. The summed E-state index contributed by atoms with van der Waals surface area (Å²) in [5.74, 6) is 0. The summed E-state index contributed by atoms with van der Waals surface area (Å²) in [6, 6.07) is 89.8. The fourth-order valence-corrected chi connectivity index (χ4v) is 9.51. The topological polar surface area (TPSA) is 16.4 Å². The number of benzene rings is 11. The minimum atomic E-state index is 0.888. The molecule has 300 valence electrons. The lowest BCUT2D eigenvalue weighted by atomic mass is 9.93. The number of fused-ring (bicyclic) bond motifs is 6. The van der Waals surface area contributed by atoms with E-state index in [-0.39, 0.29) is 0 Å². The molecule has 0 spiro atoms. The highest BCUT2D eigenvalue weighted by Gasteiger charge is 2.19. The first-order chi connectivity index (χ1) is 31.7.